The minimum absolute atomic E-state index is 0.0504. The summed E-state index contributed by atoms with van der Waals surface area (Å²) in [6.45, 7) is 5.04. The summed E-state index contributed by atoms with van der Waals surface area (Å²) in [7, 11) is 0. The number of hydrogen-bond acceptors (Lipinski definition) is 2. The van der Waals surface area contributed by atoms with E-state index in [0.717, 1.165) is 25.7 Å². The maximum Gasteiger partial charge on any atom is 0.317 e. The van der Waals surface area contributed by atoms with E-state index in [1.54, 1.807) is 4.90 Å². The Kier molecular flexibility index (Phi) is 3.74. The third kappa shape index (κ3) is 3.01. The molecule has 2 N–H and O–H groups in total. The zero-order chi connectivity index (χ0) is 14.1. The van der Waals surface area contributed by atoms with Gasteiger partial charge in [0.05, 0.1) is 5.41 Å². The predicted molar refractivity (Wildman–Crippen MR) is 72.0 cm³/mol. The third-order valence-corrected chi connectivity index (χ3v) is 4.46. The van der Waals surface area contributed by atoms with Crippen LogP contribution in [0, 0.1) is 5.41 Å². The molecule has 2 fully saturated rings. The molecule has 0 aromatic carbocycles. The molecule has 0 radical (unpaired) electrons. The molecule has 0 aromatic rings. The van der Waals surface area contributed by atoms with E-state index >= 15 is 0 Å². The van der Waals surface area contributed by atoms with Gasteiger partial charge in [0.15, 0.2) is 0 Å². The summed E-state index contributed by atoms with van der Waals surface area (Å²) >= 11 is 0. The van der Waals surface area contributed by atoms with Crippen molar-refractivity contribution >= 4 is 12.0 Å². The zero-order valence-electron chi connectivity index (χ0n) is 11.9. The largest absolute Gasteiger partial charge is 0.481 e. The Balaban J connectivity index is 2.02. The molecule has 5 nitrogen and oxygen atoms in total. The highest BCUT2D eigenvalue weighted by Gasteiger charge is 2.45. The van der Waals surface area contributed by atoms with E-state index in [1.807, 2.05) is 13.8 Å². The maximum absolute atomic E-state index is 12.2. The standard InChI is InChI=1S/C14H24N2O3/c1-3-5-14(11(17)18)6-4-9-16(10-14)12(19)15-13(2)7-8-13/h3-10H2,1-2H3,(H,15,19)(H,17,18). The Morgan fingerprint density at radius 2 is 2.00 bits per heavy atom. The van der Waals surface area contributed by atoms with Gasteiger partial charge in [0.2, 0.25) is 0 Å². The average Bonchev–Trinajstić information content (AvgIpc) is 3.07. The molecule has 2 amide bonds. The van der Waals surface area contributed by atoms with Gasteiger partial charge in [-0.1, -0.05) is 13.3 Å². The maximum atomic E-state index is 12.2. The molecule has 19 heavy (non-hydrogen) atoms. The second kappa shape index (κ2) is 5.02. The number of carboxylic acids is 1. The van der Waals surface area contributed by atoms with Crippen LogP contribution in [0.2, 0.25) is 0 Å². The molecule has 1 aliphatic heterocycles. The van der Waals surface area contributed by atoms with Crippen LogP contribution in [0.3, 0.4) is 0 Å². The van der Waals surface area contributed by atoms with Gasteiger partial charge in [-0.2, -0.15) is 0 Å². The number of carbonyl (C=O) groups is 2. The van der Waals surface area contributed by atoms with Crippen LogP contribution in [0.15, 0.2) is 0 Å². The van der Waals surface area contributed by atoms with Crippen LogP contribution in [0.25, 0.3) is 0 Å². The molecule has 1 saturated carbocycles. The molecule has 2 rings (SSSR count). The molecule has 0 spiro atoms. The van der Waals surface area contributed by atoms with Gasteiger partial charge in [-0.3, -0.25) is 4.79 Å². The highest BCUT2D eigenvalue weighted by molar-refractivity contribution is 5.79. The number of nitrogens with zero attached hydrogens (tertiary/aromatic N) is 1. The molecule has 1 unspecified atom stereocenters. The molecule has 5 heteroatoms. The van der Waals surface area contributed by atoms with E-state index in [-0.39, 0.29) is 11.6 Å². The first-order valence-corrected chi connectivity index (χ1v) is 7.21. The first-order valence-electron chi connectivity index (χ1n) is 7.21. The Labute approximate surface area is 114 Å². The molecule has 108 valence electrons. The molecular formula is C14H24N2O3. The Morgan fingerprint density at radius 3 is 2.53 bits per heavy atom. The minimum atomic E-state index is -0.760. The fourth-order valence-corrected chi connectivity index (χ4v) is 2.92. The highest BCUT2D eigenvalue weighted by atomic mass is 16.4. The number of carbonyl (C=O) groups excluding carboxylic acids is 1. The molecule has 0 bridgehead atoms. The molecule has 1 saturated heterocycles. The number of nitrogens with one attached hydrogen (secondary N) is 1. The van der Waals surface area contributed by atoms with Gasteiger partial charge in [-0.05, 0) is 39.0 Å². The lowest BCUT2D eigenvalue weighted by molar-refractivity contribution is -0.152. The van der Waals surface area contributed by atoms with Gasteiger partial charge >= 0.3 is 12.0 Å². The average molecular weight is 268 g/mol. The van der Waals surface area contributed by atoms with E-state index in [9.17, 15) is 14.7 Å². The summed E-state index contributed by atoms with van der Waals surface area (Å²) in [4.78, 5) is 25.5. The van der Waals surface area contributed by atoms with Gasteiger partial charge in [0, 0.05) is 18.6 Å². The number of likely N-dealkylation sites (tertiary alicyclic amines) is 1. The second-order valence-corrected chi connectivity index (χ2v) is 6.35. The first kappa shape index (κ1) is 14.2. The van der Waals surface area contributed by atoms with Crippen LogP contribution < -0.4 is 5.32 Å². The lowest BCUT2D eigenvalue weighted by atomic mass is 9.76. The summed E-state index contributed by atoms with van der Waals surface area (Å²) in [6, 6.07) is -0.0959. The van der Waals surface area contributed by atoms with Crippen molar-refractivity contribution in [2.75, 3.05) is 13.1 Å². The topological polar surface area (TPSA) is 69.6 Å². The normalized spacial score (nSPS) is 28.8. The fourth-order valence-electron chi connectivity index (χ4n) is 2.92. The van der Waals surface area contributed by atoms with Crippen molar-refractivity contribution in [1.29, 1.82) is 0 Å². The zero-order valence-corrected chi connectivity index (χ0v) is 11.9. The summed E-state index contributed by atoms with van der Waals surface area (Å²) in [5.74, 6) is -0.760. The van der Waals surface area contributed by atoms with Crippen molar-refractivity contribution in [2.24, 2.45) is 5.41 Å². The smallest absolute Gasteiger partial charge is 0.317 e. The molecule has 1 aliphatic carbocycles. The Morgan fingerprint density at radius 1 is 1.32 bits per heavy atom. The van der Waals surface area contributed by atoms with Crippen LogP contribution >= 0.6 is 0 Å². The van der Waals surface area contributed by atoms with E-state index in [4.69, 9.17) is 0 Å². The number of hydrogen-bond donors (Lipinski definition) is 2. The molecule has 2 aliphatic rings. The van der Waals surface area contributed by atoms with Gasteiger partial charge in [0.25, 0.3) is 0 Å². The van der Waals surface area contributed by atoms with Crippen molar-refractivity contribution in [3.05, 3.63) is 0 Å². The number of piperidine rings is 1. The van der Waals surface area contributed by atoms with Gasteiger partial charge < -0.3 is 15.3 Å². The van der Waals surface area contributed by atoms with Gasteiger partial charge in [-0.25, -0.2) is 4.79 Å². The molecule has 1 atom stereocenters. The summed E-state index contributed by atoms with van der Waals surface area (Å²) in [5, 5.41) is 12.5. The third-order valence-electron chi connectivity index (χ3n) is 4.46. The van der Waals surface area contributed by atoms with E-state index in [0.29, 0.717) is 25.9 Å². The molecule has 1 heterocycles. The Hall–Kier alpha value is -1.26. The van der Waals surface area contributed by atoms with E-state index in [2.05, 4.69) is 5.32 Å². The van der Waals surface area contributed by atoms with Gasteiger partial charge in [-0.15, -0.1) is 0 Å². The summed E-state index contributed by atoms with van der Waals surface area (Å²) in [5.41, 5.74) is -0.792. The summed E-state index contributed by atoms with van der Waals surface area (Å²) in [6.07, 6.45) is 4.97. The fraction of sp³-hybridized carbons (Fsp3) is 0.857. The number of aliphatic carboxylic acids is 1. The molecular weight excluding hydrogens is 244 g/mol. The van der Waals surface area contributed by atoms with E-state index < -0.39 is 11.4 Å². The van der Waals surface area contributed by atoms with Crippen LogP contribution in [-0.4, -0.2) is 40.6 Å². The van der Waals surface area contributed by atoms with Crippen LogP contribution in [-0.2, 0) is 4.79 Å². The van der Waals surface area contributed by atoms with Crippen LogP contribution in [0.1, 0.15) is 52.4 Å². The van der Waals surface area contributed by atoms with E-state index in [1.165, 1.54) is 0 Å². The number of rotatable bonds is 4. The van der Waals surface area contributed by atoms with Gasteiger partial charge in [0.1, 0.15) is 0 Å². The molecule has 0 aromatic heterocycles. The first-order chi connectivity index (χ1) is 8.91. The van der Waals surface area contributed by atoms with Crippen molar-refractivity contribution in [1.82, 2.24) is 10.2 Å². The van der Waals surface area contributed by atoms with Crippen molar-refractivity contribution < 1.29 is 14.7 Å². The highest BCUT2D eigenvalue weighted by Crippen LogP contribution is 2.37. The minimum Gasteiger partial charge on any atom is -0.481 e. The van der Waals surface area contributed by atoms with Crippen molar-refractivity contribution in [2.45, 2.75) is 57.9 Å². The van der Waals surface area contributed by atoms with Crippen molar-refractivity contribution in [3.63, 3.8) is 0 Å². The second-order valence-electron chi connectivity index (χ2n) is 6.35. The summed E-state index contributed by atoms with van der Waals surface area (Å²) < 4.78 is 0. The monoisotopic (exact) mass is 268 g/mol. The van der Waals surface area contributed by atoms with Crippen LogP contribution in [0.4, 0.5) is 4.79 Å². The SMILES string of the molecule is CCCC1(C(=O)O)CCCN(C(=O)NC2(C)CC2)C1. The lowest BCUT2D eigenvalue weighted by Gasteiger charge is -2.40. The Bertz CT molecular complexity index is 375. The number of carboxylic acid groups (broad SMARTS) is 1. The lowest BCUT2D eigenvalue weighted by Crippen LogP contribution is -2.54. The number of amides is 2. The van der Waals surface area contributed by atoms with Crippen molar-refractivity contribution in [3.8, 4) is 0 Å². The number of urea groups is 1. The van der Waals surface area contributed by atoms with Crippen LogP contribution in [0.5, 0.6) is 0 Å². The predicted octanol–water partition coefficient (Wildman–Crippen LogP) is 2.22. The quantitative estimate of drug-likeness (QED) is 0.821.